The molecular formula is C30H41N5O10. The van der Waals surface area contributed by atoms with Crippen molar-refractivity contribution in [2.75, 3.05) is 33.4 Å². The number of Topliss-reactive ketones (excluding diaryl/α,β-unsaturated/α-hetero) is 1. The van der Waals surface area contributed by atoms with Crippen molar-refractivity contribution >= 4 is 41.4 Å². The SMILES string of the molecule is C=CCOC(=O)CC[C@H](NC(=O)[C@@H]1CCCNN1C(=O)CCNC(=O)CC(C)C)C(=O)COC(=O)c1ccc(C(=O)OC)nc1. The van der Waals surface area contributed by atoms with Gasteiger partial charge in [0.15, 0.2) is 12.4 Å². The van der Waals surface area contributed by atoms with Crippen molar-refractivity contribution in [2.24, 2.45) is 5.92 Å². The van der Waals surface area contributed by atoms with E-state index in [9.17, 15) is 33.6 Å². The zero-order valence-electron chi connectivity index (χ0n) is 25.8. The van der Waals surface area contributed by atoms with E-state index in [-0.39, 0.29) is 55.5 Å². The molecule has 1 aliphatic heterocycles. The lowest BCUT2D eigenvalue weighted by molar-refractivity contribution is -0.147. The van der Waals surface area contributed by atoms with Crippen molar-refractivity contribution in [3.63, 3.8) is 0 Å². The number of amides is 3. The molecule has 0 radical (unpaired) electrons. The number of nitrogens with zero attached hydrogens (tertiary/aromatic N) is 2. The van der Waals surface area contributed by atoms with Crippen LogP contribution < -0.4 is 16.1 Å². The number of ketones is 1. The summed E-state index contributed by atoms with van der Waals surface area (Å²) in [4.78, 5) is 91.3. The third-order valence-corrected chi connectivity index (χ3v) is 6.52. The molecule has 2 heterocycles. The largest absolute Gasteiger partial charge is 0.464 e. The van der Waals surface area contributed by atoms with Crippen molar-refractivity contribution in [1.29, 1.82) is 0 Å². The molecule has 246 valence electrons. The Morgan fingerprint density at radius 1 is 1.11 bits per heavy atom. The molecule has 15 heteroatoms. The van der Waals surface area contributed by atoms with Crippen LogP contribution in [0.3, 0.4) is 0 Å². The molecule has 2 atom stereocenters. The second kappa shape index (κ2) is 18.9. The Morgan fingerprint density at radius 3 is 2.51 bits per heavy atom. The molecule has 0 aliphatic carbocycles. The molecule has 3 N–H and O–H groups in total. The first-order valence-electron chi connectivity index (χ1n) is 14.6. The summed E-state index contributed by atoms with van der Waals surface area (Å²) in [6.07, 6.45) is 3.21. The summed E-state index contributed by atoms with van der Waals surface area (Å²) in [5, 5.41) is 6.47. The summed E-state index contributed by atoms with van der Waals surface area (Å²) >= 11 is 0. The number of hydrogen-bond donors (Lipinski definition) is 3. The van der Waals surface area contributed by atoms with Crippen LogP contribution in [-0.2, 0) is 38.2 Å². The van der Waals surface area contributed by atoms with E-state index >= 15 is 0 Å². The lowest BCUT2D eigenvalue weighted by atomic mass is 10.0. The van der Waals surface area contributed by atoms with Gasteiger partial charge in [-0.05, 0) is 37.3 Å². The average Bonchev–Trinajstić information content (AvgIpc) is 3.03. The Labute approximate surface area is 261 Å². The van der Waals surface area contributed by atoms with E-state index in [0.29, 0.717) is 25.8 Å². The third kappa shape index (κ3) is 12.5. The number of hydrogen-bond acceptors (Lipinski definition) is 12. The highest BCUT2D eigenvalue weighted by Crippen LogP contribution is 2.14. The van der Waals surface area contributed by atoms with Crippen LogP contribution in [0.5, 0.6) is 0 Å². The predicted molar refractivity (Wildman–Crippen MR) is 158 cm³/mol. The Kier molecular flexibility index (Phi) is 15.3. The fourth-order valence-electron chi connectivity index (χ4n) is 4.25. The molecule has 1 fully saturated rings. The van der Waals surface area contributed by atoms with E-state index < -0.39 is 54.2 Å². The summed E-state index contributed by atoms with van der Waals surface area (Å²) < 4.78 is 14.6. The van der Waals surface area contributed by atoms with E-state index in [4.69, 9.17) is 9.47 Å². The van der Waals surface area contributed by atoms with E-state index in [1.54, 1.807) is 0 Å². The number of rotatable bonds is 17. The van der Waals surface area contributed by atoms with Gasteiger partial charge >= 0.3 is 17.9 Å². The zero-order valence-corrected chi connectivity index (χ0v) is 25.8. The van der Waals surface area contributed by atoms with Crippen molar-refractivity contribution in [2.45, 2.75) is 64.5 Å². The van der Waals surface area contributed by atoms with Crippen molar-refractivity contribution in [1.82, 2.24) is 26.1 Å². The van der Waals surface area contributed by atoms with E-state index in [1.165, 1.54) is 30.3 Å². The highest BCUT2D eigenvalue weighted by Gasteiger charge is 2.34. The van der Waals surface area contributed by atoms with Gasteiger partial charge < -0.3 is 24.8 Å². The van der Waals surface area contributed by atoms with Gasteiger partial charge in [-0.25, -0.2) is 20.0 Å². The number of ether oxygens (including phenoxy) is 3. The standard InChI is InChI=1S/C30H41N5O10/c1-5-15-44-27(39)11-10-21(24(36)18-45-29(41)20-8-9-22(32-17-20)30(42)43-4)34-28(40)23-7-6-13-33-35(23)26(38)12-14-31-25(37)16-19(2)3/h5,8-9,17,19,21,23,33H,1,6-7,10-16,18H2,2-4H3,(H,31,37)(H,34,40)/t21-,23-/m0/s1. The van der Waals surface area contributed by atoms with Crippen LogP contribution in [0.25, 0.3) is 0 Å². The van der Waals surface area contributed by atoms with Gasteiger partial charge in [-0.3, -0.25) is 29.0 Å². The molecule has 0 saturated carbocycles. The second-order valence-electron chi connectivity index (χ2n) is 10.6. The summed E-state index contributed by atoms with van der Waals surface area (Å²) in [6.45, 7) is 7.03. The molecule has 1 saturated heterocycles. The van der Waals surface area contributed by atoms with Crippen LogP contribution in [0.1, 0.15) is 73.2 Å². The zero-order chi connectivity index (χ0) is 33.4. The maximum Gasteiger partial charge on any atom is 0.356 e. The van der Waals surface area contributed by atoms with Gasteiger partial charge in [-0.2, -0.15) is 0 Å². The highest BCUT2D eigenvalue weighted by atomic mass is 16.5. The van der Waals surface area contributed by atoms with Crippen molar-refractivity contribution in [3.05, 3.63) is 42.2 Å². The maximum atomic E-state index is 13.4. The van der Waals surface area contributed by atoms with E-state index in [1.807, 2.05) is 13.8 Å². The number of carbonyl (C=O) groups is 7. The first-order chi connectivity index (χ1) is 21.5. The van der Waals surface area contributed by atoms with Gasteiger partial charge in [-0.1, -0.05) is 26.5 Å². The molecule has 45 heavy (non-hydrogen) atoms. The number of aromatic nitrogens is 1. The maximum absolute atomic E-state index is 13.4. The number of hydrazine groups is 1. The van der Waals surface area contributed by atoms with Gasteiger partial charge in [0.1, 0.15) is 18.3 Å². The lowest BCUT2D eigenvalue weighted by Gasteiger charge is -2.36. The minimum atomic E-state index is -1.25. The molecule has 3 amide bonds. The molecule has 0 bridgehead atoms. The first kappa shape index (κ1) is 36.5. The monoisotopic (exact) mass is 631 g/mol. The van der Waals surface area contributed by atoms with Crippen molar-refractivity contribution in [3.8, 4) is 0 Å². The van der Waals surface area contributed by atoms with Crippen LogP contribution >= 0.6 is 0 Å². The molecule has 15 nitrogen and oxygen atoms in total. The number of carbonyl (C=O) groups excluding carboxylic acids is 7. The molecule has 0 aromatic carbocycles. The van der Waals surface area contributed by atoms with Crippen molar-refractivity contribution < 1.29 is 47.8 Å². The van der Waals surface area contributed by atoms with Crippen LogP contribution in [0, 0.1) is 5.92 Å². The summed E-state index contributed by atoms with van der Waals surface area (Å²) in [7, 11) is 1.18. The lowest BCUT2D eigenvalue weighted by Crippen LogP contribution is -2.60. The molecule has 2 rings (SSSR count). The fraction of sp³-hybridized carbons (Fsp3) is 0.533. The van der Waals surface area contributed by atoms with Gasteiger partial charge in [0, 0.05) is 38.5 Å². The smallest absolute Gasteiger partial charge is 0.356 e. The second-order valence-corrected chi connectivity index (χ2v) is 10.6. The molecule has 0 spiro atoms. The van der Waals surface area contributed by atoms with E-state index in [0.717, 1.165) is 6.20 Å². The van der Waals surface area contributed by atoms with Crippen LogP contribution in [0.2, 0.25) is 0 Å². The fourth-order valence-corrected chi connectivity index (χ4v) is 4.25. The summed E-state index contributed by atoms with van der Waals surface area (Å²) in [5.74, 6) is -4.02. The summed E-state index contributed by atoms with van der Waals surface area (Å²) in [6, 6.07) is 0.309. The summed E-state index contributed by atoms with van der Waals surface area (Å²) in [5.41, 5.74) is 2.84. The van der Waals surface area contributed by atoms with Gasteiger partial charge in [0.25, 0.3) is 0 Å². The minimum absolute atomic E-state index is 0.0307. The Balaban J connectivity index is 2.07. The normalized spacial score (nSPS) is 14.9. The highest BCUT2D eigenvalue weighted by molar-refractivity contribution is 5.96. The molecule has 1 aromatic heterocycles. The number of esters is 3. The number of methoxy groups -OCH3 is 1. The molecule has 1 aliphatic rings. The van der Waals surface area contributed by atoms with Gasteiger partial charge in [0.2, 0.25) is 17.7 Å². The minimum Gasteiger partial charge on any atom is -0.464 e. The Hall–Kier alpha value is -4.66. The predicted octanol–water partition coefficient (Wildman–Crippen LogP) is 0.636. The molecular weight excluding hydrogens is 590 g/mol. The van der Waals surface area contributed by atoms with Crippen LogP contribution in [-0.4, -0.2) is 96.9 Å². The average molecular weight is 632 g/mol. The Bertz CT molecular complexity index is 1230. The number of nitrogens with one attached hydrogen (secondary N) is 3. The Morgan fingerprint density at radius 2 is 1.87 bits per heavy atom. The topological polar surface area (TPSA) is 199 Å². The quantitative estimate of drug-likeness (QED) is 0.123. The molecule has 1 aromatic rings. The van der Waals surface area contributed by atoms with Gasteiger partial charge in [-0.15, -0.1) is 0 Å². The first-order valence-corrected chi connectivity index (χ1v) is 14.6. The molecule has 0 unspecified atom stereocenters. The van der Waals surface area contributed by atoms with Crippen LogP contribution in [0.15, 0.2) is 31.0 Å². The van der Waals surface area contributed by atoms with Crippen LogP contribution in [0.4, 0.5) is 0 Å². The van der Waals surface area contributed by atoms with E-state index in [2.05, 4.69) is 32.4 Å². The van der Waals surface area contributed by atoms with Gasteiger partial charge in [0.05, 0.1) is 18.7 Å². The third-order valence-electron chi connectivity index (χ3n) is 6.52. The number of pyridine rings is 1.